The van der Waals surface area contributed by atoms with Gasteiger partial charge in [-0.05, 0) is 6.92 Å². The predicted octanol–water partition coefficient (Wildman–Crippen LogP) is -0.495. The Morgan fingerprint density at radius 1 is 1.62 bits per heavy atom. The molecule has 8 nitrogen and oxygen atoms in total. The third-order valence-corrected chi connectivity index (χ3v) is 1.96. The molecule has 88 valence electrons. The first-order valence-electron chi connectivity index (χ1n) is 4.64. The Morgan fingerprint density at radius 3 is 2.62 bits per heavy atom. The highest BCUT2D eigenvalue weighted by Gasteiger charge is 2.10. The van der Waals surface area contributed by atoms with Crippen LogP contribution in [0.25, 0.3) is 0 Å². The summed E-state index contributed by atoms with van der Waals surface area (Å²) in [6.45, 7) is 1.86. The van der Waals surface area contributed by atoms with E-state index in [1.54, 1.807) is 6.92 Å². The van der Waals surface area contributed by atoms with Crippen LogP contribution in [-0.2, 0) is 0 Å². The number of aliphatic hydroxyl groups is 1. The molecule has 1 aromatic rings. The largest absolute Gasteiger partial charge is 0.392 e. The van der Waals surface area contributed by atoms with Gasteiger partial charge >= 0.3 is 5.69 Å². The van der Waals surface area contributed by atoms with Gasteiger partial charge in [-0.2, -0.15) is 0 Å². The van der Waals surface area contributed by atoms with Crippen LogP contribution in [0.3, 0.4) is 0 Å². The van der Waals surface area contributed by atoms with E-state index >= 15 is 0 Å². The number of nitrogens with two attached hydrogens (primary N) is 1. The summed E-state index contributed by atoms with van der Waals surface area (Å²) < 4.78 is 0. The van der Waals surface area contributed by atoms with Crippen LogP contribution in [0.5, 0.6) is 0 Å². The number of rotatable bonds is 5. The molecule has 16 heavy (non-hydrogen) atoms. The van der Waals surface area contributed by atoms with Gasteiger partial charge in [0.15, 0.2) is 0 Å². The van der Waals surface area contributed by atoms with E-state index in [-0.39, 0.29) is 18.2 Å². The molecule has 2 atom stereocenters. The van der Waals surface area contributed by atoms with Gasteiger partial charge in [0.1, 0.15) is 12.4 Å². The minimum Gasteiger partial charge on any atom is -0.392 e. The molecule has 0 aromatic carbocycles. The lowest BCUT2D eigenvalue weighted by Gasteiger charge is -2.14. The highest BCUT2D eigenvalue weighted by atomic mass is 16.6. The SMILES string of the molecule is CC(O)C(N)CNc1ncc([N+](=O)[O-])cn1. The van der Waals surface area contributed by atoms with Crippen LogP contribution in [0.4, 0.5) is 11.6 Å². The molecule has 0 aliphatic heterocycles. The van der Waals surface area contributed by atoms with Crippen LogP contribution in [0.1, 0.15) is 6.92 Å². The van der Waals surface area contributed by atoms with Crippen LogP contribution in [0, 0.1) is 10.1 Å². The van der Waals surface area contributed by atoms with E-state index in [0.29, 0.717) is 0 Å². The molecule has 1 heterocycles. The van der Waals surface area contributed by atoms with Crippen molar-refractivity contribution in [3.8, 4) is 0 Å². The molecule has 0 aliphatic carbocycles. The molecule has 8 heteroatoms. The molecule has 0 aliphatic rings. The van der Waals surface area contributed by atoms with Crippen molar-refractivity contribution in [2.75, 3.05) is 11.9 Å². The molecule has 1 rings (SSSR count). The van der Waals surface area contributed by atoms with E-state index in [1.165, 1.54) is 0 Å². The molecule has 0 fully saturated rings. The van der Waals surface area contributed by atoms with Crippen molar-refractivity contribution < 1.29 is 10.0 Å². The molecule has 0 bridgehead atoms. The van der Waals surface area contributed by atoms with E-state index < -0.39 is 17.1 Å². The smallest absolute Gasteiger partial charge is 0.305 e. The van der Waals surface area contributed by atoms with E-state index in [9.17, 15) is 10.1 Å². The number of hydrogen-bond acceptors (Lipinski definition) is 7. The summed E-state index contributed by atoms with van der Waals surface area (Å²) in [7, 11) is 0. The van der Waals surface area contributed by atoms with Crippen LogP contribution in [0.2, 0.25) is 0 Å². The molecular weight excluding hydrogens is 214 g/mol. The Bertz CT molecular complexity index is 353. The monoisotopic (exact) mass is 227 g/mol. The van der Waals surface area contributed by atoms with Crippen LogP contribution < -0.4 is 11.1 Å². The fourth-order valence-electron chi connectivity index (χ4n) is 0.886. The first-order chi connectivity index (χ1) is 7.50. The Balaban J connectivity index is 2.53. The number of aromatic nitrogens is 2. The molecular formula is C8H13N5O3. The molecule has 0 saturated carbocycles. The van der Waals surface area contributed by atoms with Crippen molar-refractivity contribution in [2.24, 2.45) is 5.73 Å². The van der Waals surface area contributed by atoms with E-state index in [4.69, 9.17) is 10.8 Å². The summed E-state index contributed by atoms with van der Waals surface area (Å²) in [4.78, 5) is 17.2. The van der Waals surface area contributed by atoms with Gasteiger partial charge in [-0.15, -0.1) is 0 Å². The number of anilines is 1. The minimum absolute atomic E-state index is 0.176. The molecule has 4 N–H and O–H groups in total. The summed E-state index contributed by atoms with van der Waals surface area (Å²) in [6, 6.07) is -0.446. The van der Waals surface area contributed by atoms with E-state index in [0.717, 1.165) is 12.4 Å². The zero-order valence-electron chi connectivity index (χ0n) is 8.70. The number of nitrogens with zero attached hydrogens (tertiary/aromatic N) is 3. The quantitative estimate of drug-likeness (QED) is 0.457. The molecule has 0 saturated heterocycles. The average molecular weight is 227 g/mol. The van der Waals surface area contributed by atoms with Gasteiger partial charge in [-0.1, -0.05) is 0 Å². The average Bonchev–Trinajstić information content (AvgIpc) is 2.26. The maximum absolute atomic E-state index is 10.3. The van der Waals surface area contributed by atoms with Crippen molar-refractivity contribution in [1.29, 1.82) is 0 Å². The summed E-state index contributed by atoms with van der Waals surface area (Å²) in [5.74, 6) is 0.238. The lowest BCUT2D eigenvalue weighted by Crippen LogP contribution is -2.38. The first-order valence-corrected chi connectivity index (χ1v) is 4.64. The van der Waals surface area contributed by atoms with Crippen molar-refractivity contribution in [1.82, 2.24) is 9.97 Å². The Hall–Kier alpha value is -1.80. The predicted molar refractivity (Wildman–Crippen MR) is 56.8 cm³/mol. The zero-order chi connectivity index (χ0) is 12.1. The lowest BCUT2D eigenvalue weighted by molar-refractivity contribution is -0.385. The number of nitrogens with one attached hydrogen (secondary N) is 1. The van der Waals surface area contributed by atoms with Crippen LogP contribution >= 0.6 is 0 Å². The zero-order valence-corrected chi connectivity index (χ0v) is 8.70. The number of aliphatic hydroxyl groups excluding tert-OH is 1. The molecule has 0 amide bonds. The second-order valence-corrected chi connectivity index (χ2v) is 3.31. The van der Waals surface area contributed by atoms with Crippen LogP contribution in [0.15, 0.2) is 12.4 Å². The third-order valence-electron chi connectivity index (χ3n) is 1.96. The Kier molecular flexibility index (Phi) is 4.09. The lowest BCUT2D eigenvalue weighted by atomic mass is 10.2. The second-order valence-electron chi connectivity index (χ2n) is 3.31. The van der Waals surface area contributed by atoms with Crippen molar-refractivity contribution in [3.63, 3.8) is 0 Å². The molecule has 2 unspecified atom stereocenters. The van der Waals surface area contributed by atoms with E-state index in [2.05, 4.69) is 15.3 Å². The molecule has 1 aromatic heterocycles. The maximum Gasteiger partial charge on any atom is 0.305 e. The molecule has 0 radical (unpaired) electrons. The number of hydrogen-bond donors (Lipinski definition) is 3. The Morgan fingerprint density at radius 2 is 2.19 bits per heavy atom. The van der Waals surface area contributed by atoms with Gasteiger partial charge < -0.3 is 16.2 Å². The minimum atomic E-state index is -0.648. The summed E-state index contributed by atoms with van der Waals surface area (Å²) >= 11 is 0. The van der Waals surface area contributed by atoms with Gasteiger partial charge in [0, 0.05) is 12.6 Å². The number of nitro groups is 1. The molecule has 0 spiro atoms. The summed E-state index contributed by atoms with van der Waals surface area (Å²) in [6.07, 6.45) is 1.55. The highest BCUT2D eigenvalue weighted by molar-refractivity contribution is 5.30. The van der Waals surface area contributed by atoms with Gasteiger partial charge in [-0.25, -0.2) is 9.97 Å². The van der Waals surface area contributed by atoms with Crippen molar-refractivity contribution in [2.45, 2.75) is 19.1 Å². The van der Waals surface area contributed by atoms with Gasteiger partial charge in [-0.3, -0.25) is 10.1 Å². The fraction of sp³-hybridized carbons (Fsp3) is 0.500. The first kappa shape index (κ1) is 12.3. The van der Waals surface area contributed by atoms with Gasteiger partial charge in [0.25, 0.3) is 0 Å². The summed E-state index contributed by atoms with van der Waals surface area (Å²) in [5, 5.41) is 22.2. The topological polar surface area (TPSA) is 127 Å². The standard InChI is InChI=1S/C8H13N5O3/c1-5(14)7(9)4-12-8-10-2-6(3-11-8)13(15)16/h2-3,5,7,14H,4,9H2,1H3,(H,10,11,12). The maximum atomic E-state index is 10.3. The van der Waals surface area contributed by atoms with Gasteiger partial charge in [0.2, 0.25) is 5.95 Å². The van der Waals surface area contributed by atoms with Crippen molar-refractivity contribution >= 4 is 11.6 Å². The summed E-state index contributed by atoms with van der Waals surface area (Å²) in [5.41, 5.74) is 5.39. The second kappa shape index (κ2) is 5.33. The van der Waals surface area contributed by atoms with E-state index in [1.807, 2.05) is 0 Å². The van der Waals surface area contributed by atoms with Gasteiger partial charge in [0.05, 0.1) is 11.0 Å². The van der Waals surface area contributed by atoms with Crippen LogP contribution in [-0.4, -0.2) is 38.7 Å². The fourth-order valence-corrected chi connectivity index (χ4v) is 0.886. The normalized spacial score (nSPS) is 14.2. The highest BCUT2D eigenvalue weighted by Crippen LogP contribution is 2.07. The third kappa shape index (κ3) is 3.41. The van der Waals surface area contributed by atoms with Crippen molar-refractivity contribution in [3.05, 3.63) is 22.5 Å². The Labute approximate surface area is 91.7 Å².